The molecule has 1 aromatic carbocycles. The molecule has 1 heterocycles. The Morgan fingerprint density at radius 1 is 1.14 bits per heavy atom. The topological polar surface area (TPSA) is 42.2 Å². The molecule has 0 radical (unpaired) electrons. The second-order valence-electron chi connectivity index (χ2n) is 5.34. The van der Waals surface area contributed by atoms with Gasteiger partial charge in [0.25, 0.3) is 0 Å². The van der Waals surface area contributed by atoms with Gasteiger partial charge in [0, 0.05) is 21.9 Å². The SMILES string of the molecule is O=S(Cc1ccc(CNC2CC2)o1)Cc1ccccc1Cl. The summed E-state index contributed by atoms with van der Waals surface area (Å²) < 4.78 is 17.9. The van der Waals surface area contributed by atoms with Crippen molar-refractivity contribution in [3.63, 3.8) is 0 Å². The molecule has 0 spiro atoms. The number of benzene rings is 1. The van der Waals surface area contributed by atoms with Gasteiger partial charge >= 0.3 is 0 Å². The molecule has 1 aliphatic carbocycles. The van der Waals surface area contributed by atoms with Gasteiger partial charge in [-0.3, -0.25) is 4.21 Å². The maximum atomic E-state index is 12.2. The monoisotopic (exact) mass is 323 g/mol. The number of halogens is 1. The van der Waals surface area contributed by atoms with E-state index in [2.05, 4.69) is 5.32 Å². The average molecular weight is 324 g/mol. The van der Waals surface area contributed by atoms with E-state index in [0.29, 0.717) is 22.6 Å². The van der Waals surface area contributed by atoms with Crippen molar-refractivity contribution in [1.82, 2.24) is 5.32 Å². The van der Waals surface area contributed by atoms with E-state index in [1.807, 2.05) is 36.4 Å². The van der Waals surface area contributed by atoms with Gasteiger partial charge in [-0.2, -0.15) is 0 Å². The van der Waals surface area contributed by atoms with Crippen LogP contribution < -0.4 is 5.32 Å². The first-order valence-corrected chi connectivity index (χ1v) is 8.96. The van der Waals surface area contributed by atoms with Crippen LogP contribution in [0.5, 0.6) is 0 Å². The average Bonchev–Trinajstić information content (AvgIpc) is 3.19. The third kappa shape index (κ3) is 4.43. The molecular formula is C16H18ClNO2S. The molecule has 1 aliphatic rings. The number of hydrogen-bond acceptors (Lipinski definition) is 3. The molecule has 21 heavy (non-hydrogen) atoms. The standard InChI is InChI=1S/C16H18ClNO2S/c17-16-4-2-1-3-12(16)10-21(19)11-15-8-7-14(20-15)9-18-13-5-6-13/h1-4,7-8,13,18H,5-6,9-11H2. The summed E-state index contributed by atoms with van der Waals surface area (Å²) in [5.74, 6) is 2.56. The number of furan rings is 1. The van der Waals surface area contributed by atoms with Crippen molar-refractivity contribution in [3.8, 4) is 0 Å². The van der Waals surface area contributed by atoms with Crippen molar-refractivity contribution in [1.29, 1.82) is 0 Å². The van der Waals surface area contributed by atoms with Crippen LogP contribution >= 0.6 is 11.6 Å². The molecule has 0 bridgehead atoms. The summed E-state index contributed by atoms with van der Waals surface area (Å²) in [5, 5.41) is 4.07. The molecule has 1 N–H and O–H groups in total. The van der Waals surface area contributed by atoms with Gasteiger partial charge < -0.3 is 9.73 Å². The van der Waals surface area contributed by atoms with Crippen LogP contribution in [0.1, 0.15) is 29.9 Å². The van der Waals surface area contributed by atoms with Gasteiger partial charge in [0.1, 0.15) is 11.5 Å². The second kappa shape index (κ2) is 6.77. The lowest BCUT2D eigenvalue weighted by molar-refractivity contribution is 0.457. The van der Waals surface area contributed by atoms with Gasteiger partial charge in [0.15, 0.2) is 0 Å². The van der Waals surface area contributed by atoms with Crippen molar-refractivity contribution in [3.05, 3.63) is 58.5 Å². The van der Waals surface area contributed by atoms with Crippen LogP contribution in [-0.4, -0.2) is 10.3 Å². The van der Waals surface area contributed by atoms with Gasteiger partial charge in [-0.15, -0.1) is 0 Å². The van der Waals surface area contributed by atoms with Crippen molar-refractivity contribution in [2.45, 2.75) is 36.9 Å². The number of hydrogen-bond donors (Lipinski definition) is 1. The molecule has 1 saturated carbocycles. The van der Waals surface area contributed by atoms with E-state index in [1.165, 1.54) is 12.8 Å². The molecule has 3 rings (SSSR count). The minimum Gasteiger partial charge on any atom is -0.464 e. The van der Waals surface area contributed by atoms with Gasteiger partial charge in [0.05, 0.1) is 18.1 Å². The van der Waals surface area contributed by atoms with Gasteiger partial charge in [-0.25, -0.2) is 0 Å². The summed E-state index contributed by atoms with van der Waals surface area (Å²) in [6, 6.07) is 12.0. The van der Waals surface area contributed by atoms with Crippen molar-refractivity contribution in [2.24, 2.45) is 0 Å². The zero-order valence-electron chi connectivity index (χ0n) is 11.7. The van der Waals surface area contributed by atoms with E-state index in [4.69, 9.17) is 16.0 Å². The van der Waals surface area contributed by atoms with Crippen LogP contribution in [0, 0.1) is 0 Å². The van der Waals surface area contributed by atoms with E-state index < -0.39 is 10.8 Å². The minimum atomic E-state index is -1.02. The highest BCUT2D eigenvalue weighted by Gasteiger charge is 2.20. The predicted molar refractivity (Wildman–Crippen MR) is 85.6 cm³/mol. The Labute approximate surface area is 132 Å². The van der Waals surface area contributed by atoms with Crippen molar-refractivity contribution >= 4 is 22.4 Å². The molecule has 0 amide bonds. The largest absolute Gasteiger partial charge is 0.464 e. The first kappa shape index (κ1) is 14.8. The number of nitrogens with one attached hydrogen (secondary N) is 1. The lowest BCUT2D eigenvalue weighted by Gasteiger charge is -2.03. The third-order valence-electron chi connectivity index (χ3n) is 3.44. The predicted octanol–water partition coefficient (Wildman–Crippen LogP) is 3.63. The smallest absolute Gasteiger partial charge is 0.118 e. The molecule has 112 valence electrons. The highest BCUT2D eigenvalue weighted by Crippen LogP contribution is 2.21. The Kier molecular flexibility index (Phi) is 4.78. The summed E-state index contributed by atoms with van der Waals surface area (Å²) in [5.41, 5.74) is 0.916. The second-order valence-corrected chi connectivity index (χ2v) is 7.21. The normalized spacial score (nSPS) is 16.0. The Morgan fingerprint density at radius 3 is 2.67 bits per heavy atom. The number of rotatable bonds is 7. The van der Waals surface area contributed by atoms with Crippen LogP contribution in [0.3, 0.4) is 0 Å². The van der Waals surface area contributed by atoms with Crippen molar-refractivity contribution < 1.29 is 8.63 Å². The fourth-order valence-corrected chi connectivity index (χ4v) is 3.58. The lowest BCUT2D eigenvalue weighted by Crippen LogP contribution is -2.14. The molecule has 1 atom stereocenters. The van der Waals surface area contributed by atoms with E-state index in [0.717, 1.165) is 23.6 Å². The summed E-state index contributed by atoms with van der Waals surface area (Å²) in [6.45, 7) is 0.752. The first-order valence-electron chi connectivity index (χ1n) is 7.10. The fraction of sp³-hybridized carbons (Fsp3) is 0.375. The first-order chi connectivity index (χ1) is 10.2. The van der Waals surface area contributed by atoms with Crippen LogP contribution in [0.25, 0.3) is 0 Å². The van der Waals surface area contributed by atoms with E-state index >= 15 is 0 Å². The van der Waals surface area contributed by atoms with Crippen LogP contribution in [0.4, 0.5) is 0 Å². The molecule has 3 nitrogen and oxygen atoms in total. The third-order valence-corrected chi connectivity index (χ3v) is 5.05. The zero-order valence-corrected chi connectivity index (χ0v) is 13.3. The molecule has 1 fully saturated rings. The zero-order chi connectivity index (χ0) is 14.7. The van der Waals surface area contributed by atoms with E-state index in [9.17, 15) is 4.21 Å². The molecule has 2 aromatic rings. The van der Waals surface area contributed by atoms with E-state index in [1.54, 1.807) is 0 Å². The summed E-state index contributed by atoms with van der Waals surface area (Å²) in [6.07, 6.45) is 2.52. The van der Waals surface area contributed by atoms with Gasteiger partial charge in [-0.1, -0.05) is 29.8 Å². The summed E-state index contributed by atoms with van der Waals surface area (Å²) >= 11 is 6.09. The highest BCUT2D eigenvalue weighted by atomic mass is 35.5. The summed E-state index contributed by atoms with van der Waals surface area (Å²) in [4.78, 5) is 0. The Balaban J connectivity index is 1.53. The van der Waals surface area contributed by atoms with E-state index in [-0.39, 0.29) is 0 Å². The molecular weight excluding hydrogens is 306 g/mol. The summed E-state index contributed by atoms with van der Waals surface area (Å²) in [7, 11) is -1.02. The van der Waals surface area contributed by atoms with Crippen molar-refractivity contribution in [2.75, 3.05) is 0 Å². The van der Waals surface area contributed by atoms with Crippen LogP contribution in [0.2, 0.25) is 5.02 Å². The lowest BCUT2D eigenvalue weighted by atomic mass is 10.2. The van der Waals surface area contributed by atoms with Gasteiger partial charge in [0.2, 0.25) is 0 Å². The maximum Gasteiger partial charge on any atom is 0.118 e. The Hall–Kier alpha value is -1.10. The van der Waals surface area contributed by atoms with Crippen LogP contribution in [0.15, 0.2) is 40.8 Å². The van der Waals surface area contributed by atoms with Crippen LogP contribution in [-0.2, 0) is 28.9 Å². The molecule has 0 aliphatic heterocycles. The fourth-order valence-electron chi connectivity index (χ4n) is 2.13. The van der Waals surface area contributed by atoms with Gasteiger partial charge in [-0.05, 0) is 36.6 Å². The quantitative estimate of drug-likeness (QED) is 0.846. The molecule has 0 saturated heterocycles. The Bertz CT molecular complexity index is 637. The maximum absolute atomic E-state index is 12.2. The Morgan fingerprint density at radius 2 is 1.90 bits per heavy atom. The highest BCUT2D eigenvalue weighted by molar-refractivity contribution is 7.83. The minimum absolute atomic E-state index is 0.425. The molecule has 5 heteroatoms. The molecule has 1 unspecified atom stereocenters. The molecule has 1 aromatic heterocycles.